The Balaban J connectivity index is 1.72. The van der Waals surface area contributed by atoms with Crippen molar-refractivity contribution in [3.05, 3.63) is 29.8 Å². The van der Waals surface area contributed by atoms with Crippen molar-refractivity contribution in [2.45, 2.75) is 69.9 Å². The molecular formula is C25H41N3O. The van der Waals surface area contributed by atoms with E-state index in [0.29, 0.717) is 17.9 Å². The van der Waals surface area contributed by atoms with E-state index in [1.807, 2.05) is 7.05 Å². The second-order valence-corrected chi connectivity index (χ2v) is 10.1. The maximum Gasteiger partial charge on any atom is 0.0830 e. The van der Waals surface area contributed by atoms with E-state index in [1.54, 1.807) is 0 Å². The van der Waals surface area contributed by atoms with E-state index >= 15 is 0 Å². The van der Waals surface area contributed by atoms with Crippen LogP contribution < -0.4 is 15.5 Å². The summed E-state index contributed by atoms with van der Waals surface area (Å²) in [6, 6.07) is 9.61. The Hall–Kier alpha value is -1.10. The second kappa shape index (κ2) is 8.95. The summed E-state index contributed by atoms with van der Waals surface area (Å²) in [7, 11) is 2.05. The van der Waals surface area contributed by atoms with Gasteiger partial charge in [-0.1, -0.05) is 32.0 Å². The predicted molar refractivity (Wildman–Crippen MR) is 122 cm³/mol. The molecule has 1 aromatic carbocycles. The molecule has 2 atom stereocenters. The van der Waals surface area contributed by atoms with Gasteiger partial charge in [0.15, 0.2) is 0 Å². The van der Waals surface area contributed by atoms with Crippen molar-refractivity contribution in [3.63, 3.8) is 0 Å². The number of nitrogens with one attached hydrogen (secondary N) is 2. The number of hydrogen-bond acceptors (Lipinski definition) is 4. The van der Waals surface area contributed by atoms with Crippen molar-refractivity contribution in [1.82, 2.24) is 10.6 Å². The van der Waals surface area contributed by atoms with Crippen LogP contribution in [0.25, 0.3) is 0 Å². The van der Waals surface area contributed by atoms with Gasteiger partial charge < -0.3 is 20.6 Å². The van der Waals surface area contributed by atoms with E-state index in [1.165, 1.54) is 49.8 Å². The Morgan fingerprint density at radius 2 is 1.79 bits per heavy atom. The maximum absolute atomic E-state index is 11.0. The van der Waals surface area contributed by atoms with Gasteiger partial charge in [0.2, 0.25) is 0 Å². The smallest absolute Gasteiger partial charge is 0.0830 e. The fourth-order valence-electron chi connectivity index (χ4n) is 6.84. The van der Waals surface area contributed by atoms with Crippen LogP contribution in [0, 0.1) is 17.8 Å². The number of aliphatic hydroxyl groups excluding tert-OH is 1. The SMILES string of the molecule is CNCC1(CO)C(C2CCNCC2)c2ccccc2N1C1CCC(C(C)C)CC1. The first-order chi connectivity index (χ1) is 14.1. The van der Waals surface area contributed by atoms with Crippen molar-refractivity contribution < 1.29 is 5.11 Å². The molecule has 29 heavy (non-hydrogen) atoms. The third-order valence-electron chi connectivity index (χ3n) is 8.25. The summed E-state index contributed by atoms with van der Waals surface area (Å²) in [5.74, 6) is 2.68. The summed E-state index contributed by atoms with van der Waals surface area (Å²) in [5.41, 5.74) is 2.65. The van der Waals surface area contributed by atoms with Crippen LogP contribution in [0.3, 0.4) is 0 Å². The normalized spacial score (nSPS) is 33.3. The summed E-state index contributed by atoms with van der Waals surface area (Å²) < 4.78 is 0. The quantitative estimate of drug-likeness (QED) is 0.682. The Kier molecular flexibility index (Phi) is 6.53. The van der Waals surface area contributed by atoms with Crippen LogP contribution in [0.5, 0.6) is 0 Å². The molecule has 2 unspecified atom stereocenters. The average Bonchev–Trinajstić information content (AvgIpc) is 3.05. The van der Waals surface area contributed by atoms with Gasteiger partial charge in [0.1, 0.15) is 0 Å². The molecule has 1 aromatic rings. The van der Waals surface area contributed by atoms with E-state index in [4.69, 9.17) is 0 Å². The molecule has 0 bridgehead atoms. The monoisotopic (exact) mass is 399 g/mol. The third-order valence-corrected chi connectivity index (χ3v) is 8.25. The van der Waals surface area contributed by atoms with Crippen molar-refractivity contribution in [3.8, 4) is 0 Å². The average molecular weight is 400 g/mol. The second-order valence-electron chi connectivity index (χ2n) is 10.1. The largest absolute Gasteiger partial charge is 0.394 e. The highest BCUT2D eigenvalue weighted by Gasteiger charge is 2.55. The molecule has 4 nitrogen and oxygen atoms in total. The van der Waals surface area contributed by atoms with Crippen molar-refractivity contribution >= 4 is 5.69 Å². The number of nitrogens with zero attached hydrogens (tertiary/aromatic N) is 1. The first kappa shape index (κ1) is 21.1. The highest BCUT2D eigenvalue weighted by atomic mass is 16.3. The molecule has 3 N–H and O–H groups in total. The number of benzene rings is 1. The van der Waals surface area contributed by atoms with Crippen LogP contribution in [0.15, 0.2) is 24.3 Å². The summed E-state index contributed by atoms with van der Waals surface area (Å²) >= 11 is 0. The Morgan fingerprint density at radius 3 is 2.41 bits per heavy atom. The van der Waals surface area contributed by atoms with E-state index in [9.17, 15) is 5.11 Å². The number of hydrogen-bond donors (Lipinski definition) is 3. The lowest BCUT2D eigenvalue weighted by atomic mass is 9.70. The van der Waals surface area contributed by atoms with E-state index in [0.717, 1.165) is 31.5 Å². The van der Waals surface area contributed by atoms with Gasteiger partial charge in [-0.05, 0) is 88.0 Å². The number of likely N-dealkylation sites (N-methyl/N-ethyl adjacent to an activating group) is 1. The molecule has 1 saturated carbocycles. The molecule has 0 spiro atoms. The van der Waals surface area contributed by atoms with E-state index < -0.39 is 0 Å². The Labute approximate surface area is 177 Å². The number of anilines is 1. The number of fused-ring (bicyclic) bond motifs is 1. The number of piperidine rings is 1. The van der Waals surface area contributed by atoms with Crippen molar-refractivity contribution in [2.24, 2.45) is 17.8 Å². The lowest BCUT2D eigenvalue weighted by Gasteiger charge is -2.50. The van der Waals surface area contributed by atoms with E-state index in [2.05, 4.69) is 53.6 Å². The zero-order valence-electron chi connectivity index (χ0n) is 18.7. The van der Waals surface area contributed by atoms with Gasteiger partial charge in [0.25, 0.3) is 0 Å². The molecule has 1 aliphatic carbocycles. The minimum Gasteiger partial charge on any atom is -0.394 e. The van der Waals surface area contributed by atoms with Crippen molar-refractivity contribution in [2.75, 3.05) is 38.2 Å². The Morgan fingerprint density at radius 1 is 1.10 bits per heavy atom. The molecule has 0 aromatic heterocycles. The van der Waals surface area contributed by atoms with Gasteiger partial charge in [0, 0.05) is 24.2 Å². The predicted octanol–water partition coefficient (Wildman–Crippen LogP) is 3.76. The molecule has 162 valence electrons. The number of para-hydroxylation sites is 1. The number of aliphatic hydroxyl groups is 1. The van der Waals surface area contributed by atoms with Crippen LogP contribution in [0.4, 0.5) is 5.69 Å². The summed E-state index contributed by atoms with van der Waals surface area (Å²) in [4.78, 5) is 2.70. The molecule has 0 radical (unpaired) electrons. The Bertz CT molecular complexity index is 664. The molecule has 4 heteroatoms. The lowest BCUT2D eigenvalue weighted by Crippen LogP contribution is -2.62. The first-order valence-corrected chi connectivity index (χ1v) is 12.0. The van der Waals surface area contributed by atoms with Crippen LogP contribution in [-0.4, -0.2) is 50.0 Å². The summed E-state index contributed by atoms with van der Waals surface area (Å²) in [6.45, 7) is 8.02. The fraction of sp³-hybridized carbons (Fsp3) is 0.760. The van der Waals surface area contributed by atoms with Gasteiger partial charge in [-0.2, -0.15) is 0 Å². The van der Waals surface area contributed by atoms with Crippen LogP contribution in [-0.2, 0) is 0 Å². The van der Waals surface area contributed by atoms with Crippen molar-refractivity contribution in [1.29, 1.82) is 0 Å². The van der Waals surface area contributed by atoms with Gasteiger partial charge in [-0.3, -0.25) is 0 Å². The molecule has 4 rings (SSSR count). The lowest BCUT2D eigenvalue weighted by molar-refractivity contribution is 0.117. The summed E-state index contributed by atoms with van der Waals surface area (Å²) in [6.07, 6.45) is 7.56. The van der Waals surface area contributed by atoms with Gasteiger partial charge >= 0.3 is 0 Å². The zero-order valence-corrected chi connectivity index (χ0v) is 18.7. The highest BCUT2D eigenvalue weighted by molar-refractivity contribution is 5.66. The van der Waals surface area contributed by atoms with Crippen LogP contribution in [0.1, 0.15) is 63.9 Å². The van der Waals surface area contributed by atoms with Crippen LogP contribution in [0.2, 0.25) is 0 Å². The maximum atomic E-state index is 11.0. The minimum atomic E-state index is -0.226. The van der Waals surface area contributed by atoms with Gasteiger partial charge in [-0.15, -0.1) is 0 Å². The molecule has 2 heterocycles. The molecule has 3 aliphatic rings. The van der Waals surface area contributed by atoms with Crippen LogP contribution >= 0.6 is 0 Å². The topological polar surface area (TPSA) is 47.5 Å². The minimum absolute atomic E-state index is 0.223. The van der Waals surface area contributed by atoms with E-state index in [-0.39, 0.29) is 12.1 Å². The third kappa shape index (κ3) is 3.73. The molecule has 2 aliphatic heterocycles. The summed E-state index contributed by atoms with van der Waals surface area (Å²) in [5, 5.41) is 18.0. The van der Waals surface area contributed by atoms with Gasteiger partial charge in [0.05, 0.1) is 12.1 Å². The number of rotatable bonds is 6. The molecule has 1 saturated heterocycles. The fourth-order valence-corrected chi connectivity index (χ4v) is 6.84. The van der Waals surface area contributed by atoms with Gasteiger partial charge in [-0.25, -0.2) is 0 Å². The molecule has 2 fully saturated rings. The first-order valence-electron chi connectivity index (χ1n) is 12.0. The highest BCUT2D eigenvalue weighted by Crippen LogP contribution is 2.55. The standard InChI is InChI=1S/C25H41N3O/c1-18(2)19-8-10-21(11-9-19)28-23-7-5-4-6-22(23)24(20-12-14-27-15-13-20)25(28,17-29)16-26-3/h4-7,18-21,24,26-27,29H,8-17H2,1-3H3. The molecular weight excluding hydrogens is 358 g/mol. The molecule has 0 amide bonds. The zero-order chi connectivity index (χ0) is 20.4.